The van der Waals surface area contributed by atoms with Gasteiger partial charge in [0.25, 0.3) is 0 Å². The van der Waals surface area contributed by atoms with Crippen molar-refractivity contribution < 1.29 is 29.7 Å². The molecule has 0 rings (SSSR count). The van der Waals surface area contributed by atoms with E-state index >= 15 is 0 Å². The molecule has 0 N–H and O–H groups in total. The standard InChI is InChI=1S/3C2HI3O2.Ga/c3*3-2(4,5)1(6)7;/h3*(H,6,7);/q;;;+3/p-3. The molecule has 0 aliphatic rings. The van der Waals surface area contributed by atoms with Gasteiger partial charge < -0.3 is 29.7 Å². The van der Waals surface area contributed by atoms with E-state index in [1.165, 1.54) is 0 Å². The van der Waals surface area contributed by atoms with Crippen LogP contribution in [0.5, 0.6) is 0 Å². The second-order valence-corrected chi connectivity index (χ2v) is 35.5. The molecule has 0 aromatic rings. The molecule has 0 radical (unpaired) electrons. The Morgan fingerprint density at radius 1 is 0.500 bits per heavy atom. The third-order valence-corrected chi connectivity index (χ3v) is 4.66. The van der Waals surface area contributed by atoms with E-state index in [0.29, 0.717) is 0 Å². The first-order valence-corrected chi connectivity index (χ1v) is 13.4. The summed E-state index contributed by atoms with van der Waals surface area (Å²) in [6, 6.07) is 0. The van der Waals surface area contributed by atoms with Crippen LogP contribution >= 0.6 is 203 Å². The molecule has 0 amide bonds. The van der Waals surface area contributed by atoms with E-state index in [1.54, 1.807) is 203 Å². The van der Waals surface area contributed by atoms with Gasteiger partial charge in [0.05, 0.1) is 17.9 Å². The number of carboxylic acid groups (broad SMARTS) is 3. The predicted molar refractivity (Wildman–Crippen MR) is 155 cm³/mol. The fourth-order valence-corrected chi connectivity index (χ4v) is 0. The van der Waals surface area contributed by atoms with Gasteiger partial charge in [-0.25, -0.2) is 0 Å². The first kappa shape index (κ1) is 35.1. The van der Waals surface area contributed by atoms with Gasteiger partial charge in [0, 0.05) is 0 Å². The van der Waals surface area contributed by atoms with Crippen molar-refractivity contribution in [2.24, 2.45) is 0 Å². The smallest absolute Gasteiger partial charge is 0.547 e. The maximum absolute atomic E-state index is 9.89. The molecule has 0 aromatic heterocycles. The zero-order valence-electron chi connectivity index (χ0n) is 9.43. The Morgan fingerprint density at radius 2 is 0.545 bits per heavy atom. The number of rotatable bonds is 3. The van der Waals surface area contributed by atoms with Gasteiger partial charge >= 0.3 is 19.8 Å². The van der Waals surface area contributed by atoms with Crippen molar-refractivity contribution in [1.29, 1.82) is 0 Å². The third-order valence-electron chi connectivity index (χ3n) is 0.694. The molecule has 0 atom stereocenters. The molecule has 22 heavy (non-hydrogen) atoms. The first-order valence-electron chi connectivity index (χ1n) is 3.68. The SMILES string of the molecule is O=C([O-])C(I)(I)I.O=C([O-])C(I)(I)I.O=C([O-])C(I)(I)I.[Ga+3]. The van der Waals surface area contributed by atoms with Gasteiger partial charge in [-0.3, -0.25) is 0 Å². The van der Waals surface area contributed by atoms with E-state index in [2.05, 4.69) is 0 Å². The Kier molecular flexibility index (Phi) is 26.2. The zero-order valence-corrected chi connectivity index (χ0v) is 31.3. The summed E-state index contributed by atoms with van der Waals surface area (Å²) in [5.41, 5.74) is 0. The Bertz CT molecular complexity index is 313. The van der Waals surface area contributed by atoms with E-state index in [0.717, 1.165) is 0 Å². The van der Waals surface area contributed by atoms with Gasteiger partial charge in [-0.05, 0) is 203 Å². The summed E-state index contributed by atoms with van der Waals surface area (Å²) in [4.78, 5) is 29.7. The van der Waals surface area contributed by atoms with Gasteiger partial charge in [0.1, 0.15) is 0 Å². The van der Waals surface area contributed by atoms with Crippen molar-refractivity contribution in [3.8, 4) is 0 Å². The molecular formula is C6GaI9O6. The van der Waals surface area contributed by atoms with Crippen LogP contribution in [0.15, 0.2) is 0 Å². The number of carboxylic acids is 3. The number of alkyl halides is 9. The van der Waals surface area contributed by atoms with Gasteiger partial charge in [-0.1, -0.05) is 0 Å². The number of carbonyl (C=O) groups is 3. The van der Waals surface area contributed by atoms with Crippen LogP contribution in [0.2, 0.25) is 0 Å². The van der Waals surface area contributed by atoms with Crippen LogP contribution in [0.1, 0.15) is 0 Å². The van der Waals surface area contributed by atoms with E-state index in [4.69, 9.17) is 0 Å². The van der Waals surface area contributed by atoms with Crippen LogP contribution in [0.4, 0.5) is 0 Å². The number of hydrogen-bond acceptors (Lipinski definition) is 6. The summed E-state index contributed by atoms with van der Waals surface area (Å²) < 4.78 is -2.35. The van der Waals surface area contributed by atoms with Crippen LogP contribution in [0.25, 0.3) is 0 Å². The first-order chi connectivity index (χ1) is 8.83. The second-order valence-electron chi connectivity index (χ2n) is 2.36. The molecule has 0 saturated carbocycles. The van der Waals surface area contributed by atoms with Gasteiger partial charge in [-0.15, -0.1) is 0 Å². The van der Waals surface area contributed by atoms with Crippen molar-refractivity contribution in [3.63, 3.8) is 0 Å². The molecule has 0 aliphatic carbocycles. The molecule has 0 bridgehead atoms. The van der Waals surface area contributed by atoms with Crippen molar-refractivity contribution in [3.05, 3.63) is 0 Å². The monoisotopic (exact) mass is 1380 g/mol. The Morgan fingerprint density at radius 3 is 0.545 bits per heavy atom. The van der Waals surface area contributed by atoms with E-state index < -0.39 is 16.2 Å². The topological polar surface area (TPSA) is 120 Å². The fourth-order valence-electron chi connectivity index (χ4n) is 0. The minimum absolute atomic E-state index is 0. The van der Waals surface area contributed by atoms with E-state index in [9.17, 15) is 29.7 Å². The molecule has 0 aliphatic heterocycles. The summed E-state index contributed by atoms with van der Waals surface area (Å²) >= 11 is 16.0. The molecule has 0 unspecified atom stereocenters. The third kappa shape index (κ3) is 27.8. The van der Waals surface area contributed by atoms with Crippen molar-refractivity contribution in [1.82, 2.24) is 0 Å². The Hall–Kier alpha value is 5.62. The number of carbonyl (C=O) groups excluding carboxylic acids is 3. The Balaban J connectivity index is -0.000000108. The Labute approximate surface area is 262 Å². The summed E-state index contributed by atoms with van der Waals surface area (Å²) in [5, 5.41) is 29.7. The quantitative estimate of drug-likeness (QED) is 0.242. The molecule has 126 valence electrons. The van der Waals surface area contributed by atoms with Gasteiger partial charge in [0.15, 0.2) is -1.69 Å². The fraction of sp³-hybridized carbons (Fsp3) is 0.500. The maximum Gasteiger partial charge on any atom is 3.00 e. The molecule has 16 heteroatoms. The zero-order chi connectivity index (χ0) is 18.2. The molecule has 0 heterocycles. The summed E-state index contributed by atoms with van der Waals surface area (Å²) in [6.07, 6.45) is 0. The van der Waals surface area contributed by atoms with Crippen LogP contribution in [0.3, 0.4) is 0 Å². The molecule has 0 aromatic carbocycles. The molecule has 0 saturated heterocycles. The van der Waals surface area contributed by atoms with Crippen molar-refractivity contribution in [2.45, 2.75) is -1.69 Å². The molecule has 6 nitrogen and oxygen atoms in total. The van der Waals surface area contributed by atoms with Gasteiger partial charge in [0.2, 0.25) is 0 Å². The van der Waals surface area contributed by atoms with Crippen LogP contribution in [0, 0.1) is 0 Å². The minimum Gasteiger partial charge on any atom is -0.547 e. The van der Waals surface area contributed by atoms with Crippen LogP contribution in [-0.2, 0) is 14.4 Å². The van der Waals surface area contributed by atoms with Crippen molar-refractivity contribution >= 4 is 241 Å². The molecule has 0 fully saturated rings. The predicted octanol–water partition coefficient (Wildman–Crippen LogP) is 1.70. The maximum atomic E-state index is 9.89. The molecular weight excluding hydrogens is 1380 g/mol. The van der Waals surface area contributed by atoms with Crippen molar-refractivity contribution in [2.75, 3.05) is 0 Å². The minimum atomic E-state index is -1.05. The average Bonchev–Trinajstić information content (AvgIpc) is 2.14. The summed E-state index contributed by atoms with van der Waals surface area (Å²) in [7, 11) is 0. The summed E-state index contributed by atoms with van der Waals surface area (Å²) in [5.74, 6) is -3.14. The number of aliphatic carboxylic acids is 3. The second kappa shape index (κ2) is 16.4. The number of hydrogen-bond donors (Lipinski definition) is 0. The van der Waals surface area contributed by atoms with E-state index in [-0.39, 0.29) is 19.8 Å². The molecule has 0 spiro atoms. The largest absolute Gasteiger partial charge is 3.00 e. The van der Waals surface area contributed by atoms with E-state index in [1.807, 2.05) is 0 Å². The average molecular weight is 1380 g/mol. The normalized spacial score (nSPS) is 10.8. The summed E-state index contributed by atoms with van der Waals surface area (Å²) in [6.45, 7) is 0. The van der Waals surface area contributed by atoms with Crippen LogP contribution < -0.4 is 15.3 Å². The number of halogens is 9. The van der Waals surface area contributed by atoms with Crippen LogP contribution in [-0.4, -0.2) is 36.0 Å². The van der Waals surface area contributed by atoms with Gasteiger partial charge in [-0.2, -0.15) is 0 Å².